The van der Waals surface area contributed by atoms with Crippen molar-refractivity contribution in [1.82, 2.24) is 4.98 Å². The van der Waals surface area contributed by atoms with Crippen molar-refractivity contribution < 1.29 is 9.21 Å². The van der Waals surface area contributed by atoms with Gasteiger partial charge in [-0.05, 0) is 47.4 Å². The van der Waals surface area contributed by atoms with E-state index in [0.29, 0.717) is 11.3 Å². The van der Waals surface area contributed by atoms with Crippen LogP contribution >= 0.6 is 0 Å². The molecule has 0 fully saturated rings. The second kappa shape index (κ2) is 6.32. The molecule has 3 aromatic rings. The quantitative estimate of drug-likeness (QED) is 0.747. The van der Waals surface area contributed by atoms with Crippen LogP contribution in [0.3, 0.4) is 0 Å². The van der Waals surface area contributed by atoms with Crippen LogP contribution in [-0.4, -0.2) is 10.9 Å². The van der Waals surface area contributed by atoms with Crippen molar-refractivity contribution in [3.05, 3.63) is 72.2 Å². The summed E-state index contributed by atoms with van der Waals surface area (Å²) in [5, 5.41) is 2.92. The van der Waals surface area contributed by atoms with Gasteiger partial charge in [0, 0.05) is 16.8 Å². The fraction of sp³-hybridized carbons (Fsp3) is 0.200. The highest BCUT2D eigenvalue weighted by atomic mass is 16.3. The maximum absolute atomic E-state index is 12.5. The molecule has 1 amide bonds. The molecule has 1 aromatic heterocycles. The minimum atomic E-state index is -0.117. The lowest BCUT2D eigenvalue weighted by atomic mass is 9.86. The van der Waals surface area contributed by atoms with Gasteiger partial charge in [-0.15, -0.1) is 0 Å². The number of anilines is 1. The number of aromatic nitrogens is 1. The number of benzene rings is 2. The van der Waals surface area contributed by atoms with Crippen LogP contribution in [0.2, 0.25) is 0 Å². The number of amides is 1. The number of rotatable bonds is 3. The van der Waals surface area contributed by atoms with Crippen molar-refractivity contribution >= 4 is 11.6 Å². The van der Waals surface area contributed by atoms with Gasteiger partial charge < -0.3 is 9.73 Å². The summed E-state index contributed by atoms with van der Waals surface area (Å²) in [5.74, 6) is 0.583. The van der Waals surface area contributed by atoms with Crippen LogP contribution in [0.1, 0.15) is 36.7 Å². The maximum atomic E-state index is 12.5. The summed E-state index contributed by atoms with van der Waals surface area (Å²) in [6.45, 7) is 6.39. The summed E-state index contributed by atoms with van der Waals surface area (Å²) in [6, 6.07) is 15.2. The Morgan fingerprint density at radius 2 is 1.83 bits per heavy atom. The molecule has 24 heavy (non-hydrogen) atoms. The molecule has 2 aromatic carbocycles. The van der Waals surface area contributed by atoms with Gasteiger partial charge >= 0.3 is 0 Å². The molecule has 4 heteroatoms. The van der Waals surface area contributed by atoms with E-state index in [1.807, 2.05) is 48.5 Å². The third-order valence-electron chi connectivity index (χ3n) is 3.85. The molecule has 0 aliphatic heterocycles. The topological polar surface area (TPSA) is 55.1 Å². The van der Waals surface area contributed by atoms with Crippen LogP contribution in [0.15, 0.2) is 65.5 Å². The normalized spacial score (nSPS) is 11.3. The molecule has 0 unspecified atom stereocenters. The van der Waals surface area contributed by atoms with E-state index in [0.717, 1.165) is 16.8 Å². The minimum Gasteiger partial charge on any atom is -0.444 e. The maximum Gasteiger partial charge on any atom is 0.255 e. The van der Waals surface area contributed by atoms with E-state index < -0.39 is 0 Å². The molecule has 0 saturated carbocycles. The summed E-state index contributed by atoms with van der Waals surface area (Å²) in [7, 11) is 0. The number of hydrogen-bond acceptors (Lipinski definition) is 3. The Morgan fingerprint density at radius 3 is 2.46 bits per heavy atom. The number of carbonyl (C=O) groups is 1. The van der Waals surface area contributed by atoms with E-state index in [9.17, 15) is 4.79 Å². The van der Waals surface area contributed by atoms with Crippen molar-refractivity contribution in [3.8, 4) is 11.3 Å². The zero-order chi connectivity index (χ0) is 17.2. The van der Waals surface area contributed by atoms with Crippen LogP contribution in [0.4, 0.5) is 5.69 Å². The van der Waals surface area contributed by atoms with E-state index >= 15 is 0 Å². The second-order valence-corrected chi connectivity index (χ2v) is 6.73. The van der Waals surface area contributed by atoms with Gasteiger partial charge in [-0.25, -0.2) is 4.98 Å². The van der Waals surface area contributed by atoms with Crippen molar-refractivity contribution in [1.29, 1.82) is 0 Å². The Kier molecular flexibility index (Phi) is 4.21. The third-order valence-corrected chi connectivity index (χ3v) is 3.85. The fourth-order valence-corrected chi connectivity index (χ4v) is 2.41. The molecular weight excluding hydrogens is 300 g/mol. The van der Waals surface area contributed by atoms with E-state index in [-0.39, 0.29) is 11.3 Å². The van der Waals surface area contributed by atoms with Gasteiger partial charge in [-0.3, -0.25) is 4.79 Å². The molecule has 0 bridgehead atoms. The Hall–Kier alpha value is -2.88. The number of nitrogens with zero attached hydrogens (tertiary/aromatic N) is 1. The molecule has 0 saturated heterocycles. The van der Waals surface area contributed by atoms with E-state index in [2.05, 4.69) is 31.1 Å². The molecule has 0 radical (unpaired) electrons. The Bertz CT molecular complexity index is 829. The predicted molar refractivity (Wildman–Crippen MR) is 95.0 cm³/mol. The Balaban J connectivity index is 1.75. The highest BCUT2D eigenvalue weighted by Crippen LogP contribution is 2.24. The monoisotopic (exact) mass is 320 g/mol. The number of hydrogen-bond donors (Lipinski definition) is 1. The SMILES string of the molecule is CC(C)(C)c1cccc(C(=O)Nc2ccc(-c3cnco3)cc2)c1. The van der Waals surface area contributed by atoms with Crippen LogP contribution < -0.4 is 5.32 Å². The average molecular weight is 320 g/mol. The average Bonchev–Trinajstić information content (AvgIpc) is 3.09. The van der Waals surface area contributed by atoms with Crippen LogP contribution in [-0.2, 0) is 5.41 Å². The third kappa shape index (κ3) is 3.54. The zero-order valence-corrected chi connectivity index (χ0v) is 14.0. The molecule has 0 aliphatic carbocycles. The van der Waals surface area contributed by atoms with Gasteiger partial charge in [0.1, 0.15) is 0 Å². The smallest absolute Gasteiger partial charge is 0.255 e. The van der Waals surface area contributed by atoms with Crippen LogP contribution in [0, 0.1) is 0 Å². The first-order valence-electron chi connectivity index (χ1n) is 7.84. The van der Waals surface area contributed by atoms with Gasteiger partial charge in [0.05, 0.1) is 6.20 Å². The van der Waals surface area contributed by atoms with Crippen LogP contribution in [0.25, 0.3) is 11.3 Å². The first kappa shape index (κ1) is 16.0. The highest BCUT2D eigenvalue weighted by Gasteiger charge is 2.15. The molecule has 0 atom stereocenters. The lowest BCUT2D eigenvalue weighted by Gasteiger charge is -2.19. The second-order valence-electron chi connectivity index (χ2n) is 6.73. The first-order valence-corrected chi connectivity index (χ1v) is 7.84. The summed E-state index contributed by atoms with van der Waals surface area (Å²) in [5.41, 5.74) is 3.46. The summed E-state index contributed by atoms with van der Waals surface area (Å²) >= 11 is 0. The van der Waals surface area contributed by atoms with E-state index in [4.69, 9.17) is 4.42 Å². The summed E-state index contributed by atoms with van der Waals surface area (Å²) in [4.78, 5) is 16.4. The molecule has 122 valence electrons. The molecule has 1 N–H and O–H groups in total. The molecular formula is C20H20N2O2. The predicted octanol–water partition coefficient (Wildman–Crippen LogP) is 4.89. The zero-order valence-electron chi connectivity index (χ0n) is 14.0. The van der Waals surface area contributed by atoms with Gasteiger partial charge in [-0.2, -0.15) is 0 Å². The largest absolute Gasteiger partial charge is 0.444 e. The Morgan fingerprint density at radius 1 is 1.08 bits per heavy atom. The summed E-state index contributed by atoms with van der Waals surface area (Å²) in [6.07, 6.45) is 3.05. The molecule has 0 aliphatic rings. The molecule has 1 heterocycles. The first-order chi connectivity index (χ1) is 11.4. The van der Waals surface area contributed by atoms with E-state index in [1.165, 1.54) is 6.39 Å². The van der Waals surface area contributed by atoms with Crippen molar-refractivity contribution in [2.75, 3.05) is 5.32 Å². The van der Waals surface area contributed by atoms with Gasteiger partial charge in [0.2, 0.25) is 0 Å². The number of oxazole rings is 1. The van der Waals surface area contributed by atoms with Crippen molar-refractivity contribution in [3.63, 3.8) is 0 Å². The van der Waals surface area contributed by atoms with Gasteiger partial charge in [0.25, 0.3) is 5.91 Å². The molecule has 3 rings (SSSR count). The number of carbonyl (C=O) groups excluding carboxylic acids is 1. The lowest BCUT2D eigenvalue weighted by Crippen LogP contribution is -2.15. The standard InChI is InChI=1S/C20H20N2O2/c1-20(2,3)16-6-4-5-15(11-16)19(23)22-17-9-7-14(8-10-17)18-12-21-13-24-18/h4-13H,1-3H3,(H,22,23). The van der Waals surface area contributed by atoms with Crippen LogP contribution in [0.5, 0.6) is 0 Å². The molecule has 4 nitrogen and oxygen atoms in total. The molecule has 0 spiro atoms. The van der Waals surface area contributed by atoms with Gasteiger partial charge in [0.15, 0.2) is 12.2 Å². The number of nitrogens with one attached hydrogen (secondary N) is 1. The highest BCUT2D eigenvalue weighted by molar-refractivity contribution is 6.04. The van der Waals surface area contributed by atoms with Crippen molar-refractivity contribution in [2.45, 2.75) is 26.2 Å². The fourth-order valence-electron chi connectivity index (χ4n) is 2.41. The Labute approximate surface area is 141 Å². The summed E-state index contributed by atoms with van der Waals surface area (Å²) < 4.78 is 5.26. The lowest BCUT2D eigenvalue weighted by molar-refractivity contribution is 0.102. The van der Waals surface area contributed by atoms with Gasteiger partial charge in [-0.1, -0.05) is 32.9 Å². The van der Waals surface area contributed by atoms with Crippen molar-refractivity contribution in [2.24, 2.45) is 0 Å². The van der Waals surface area contributed by atoms with E-state index in [1.54, 1.807) is 6.20 Å². The minimum absolute atomic E-state index is 0.00894.